The number of aromatic nitrogens is 6. The van der Waals surface area contributed by atoms with Crippen LogP contribution in [0.4, 0.5) is 10.5 Å². The van der Waals surface area contributed by atoms with Gasteiger partial charge in [0.25, 0.3) is 0 Å². The molecule has 3 N–H and O–H groups in total. The molecule has 0 aromatic carbocycles. The highest BCUT2D eigenvalue weighted by Gasteiger charge is 2.25. The van der Waals surface area contributed by atoms with E-state index >= 15 is 0 Å². The van der Waals surface area contributed by atoms with Crippen LogP contribution in [0.25, 0.3) is 28.2 Å². The van der Waals surface area contributed by atoms with Crippen molar-refractivity contribution in [1.82, 2.24) is 34.9 Å². The average Bonchev–Trinajstić information content (AvgIpc) is 3.51. The van der Waals surface area contributed by atoms with E-state index < -0.39 is 6.09 Å². The van der Waals surface area contributed by atoms with Gasteiger partial charge in [0, 0.05) is 30.5 Å². The molecule has 4 aromatic rings. The summed E-state index contributed by atoms with van der Waals surface area (Å²) < 4.78 is 3.63. The lowest BCUT2D eigenvalue weighted by Crippen LogP contribution is -2.37. The molecule has 0 saturated heterocycles. The summed E-state index contributed by atoms with van der Waals surface area (Å²) in [5, 5.41) is 36.9. The fourth-order valence-corrected chi connectivity index (χ4v) is 4.50. The third kappa shape index (κ3) is 4.01. The molecule has 5 rings (SSSR count). The van der Waals surface area contributed by atoms with E-state index in [0.29, 0.717) is 11.3 Å². The van der Waals surface area contributed by atoms with Gasteiger partial charge in [-0.2, -0.15) is 10.4 Å². The molecule has 4 heterocycles. The van der Waals surface area contributed by atoms with Crippen LogP contribution in [0.15, 0.2) is 42.9 Å². The second kappa shape index (κ2) is 8.82. The third-order valence-electron chi connectivity index (χ3n) is 6.25. The van der Waals surface area contributed by atoms with Gasteiger partial charge >= 0.3 is 6.09 Å². The summed E-state index contributed by atoms with van der Waals surface area (Å²) in [6.45, 7) is 0. The van der Waals surface area contributed by atoms with Crippen LogP contribution in [0, 0.1) is 11.3 Å². The summed E-state index contributed by atoms with van der Waals surface area (Å²) >= 11 is 0. The van der Waals surface area contributed by atoms with Crippen molar-refractivity contribution >= 4 is 17.3 Å². The molecule has 34 heavy (non-hydrogen) atoms. The van der Waals surface area contributed by atoms with E-state index in [9.17, 15) is 4.79 Å². The zero-order valence-electron chi connectivity index (χ0n) is 18.5. The molecule has 1 aliphatic rings. The van der Waals surface area contributed by atoms with E-state index in [-0.39, 0.29) is 12.1 Å². The summed E-state index contributed by atoms with van der Waals surface area (Å²) in [4.78, 5) is 15.5. The SMILES string of the molecule is CNc1cc(-c2ccc3cc(C#N)cnn23)ncc1-c1cn(C2CCC(NC(=O)O)CC2)nn1. The first-order valence-electron chi connectivity index (χ1n) is 11.0. The smallest absolute Gasteiger partial charge is 0.404 e. The lowest BCUT2D eigenvalue weighted by molar-refractivity contribution is 0.181. The molecule has 1 amide bonds. The number of nitriles is 1. The number of rotatable bonds is 5. The van der Waals surface area contributed by atoms with Crippen LogP contribution in [0.2, 0.25) is 0 Å². The highest BCUT2D eigenvalue weighted by atomic mass is 16.4. The average molecular weight is 457 g/mol. The molecule has 1 saturated carbocycles. The van der Waals surface area contributed by atoms with Crippen molar-refractivity contribution in [2.75, 3.05) is 12.4 Å². The number of carbonyl (C=O) groups is 1. The zero-order chi connectivity index (χ0) is 23.7. The van der Waals surface area contributed by atoms with E-state index in [2.05, 4.69) is 37.1 Å². The number of pyridine rings is 1. The van der Waals surface area contributed by atoms with Crippen molar-refractivity contribution in [2.45, 2.75) is 37.8 Å². The maximum atomic E-state index is 10.9. The molecule has 11 nitrogen and oxygen atoms in total. The topological polar surface area (TPSA) is 146 Å². The Hall–Kier alpha value is -4.46. The Morgan fingerprint density at radius 1 is 1.18 bits per heavy atom. The van der Waals surface area contributed by atoms with Crippen LogP contribution in [0.1, 0.15) is 37.3 Å². The first kappa shape index (κ1) is 21.4. The number of nitrogens with zero attached hydrogens (tertiary/aromatic N) is 7. The zero-order valence-corrected chi connectivity index (χ0v) is 18.5. The Morgan fingerprint density at radius 2 is 2.00 bits per heavy atom. The predicted octanol–water partition coefficient (Wildman–Crippen LogP) is 3.32. The van der Waals surface area contributed by atoms with Gasteiger partial charge in [-0.25, -0.2) is 14.0 Å². The summed E-state index contributed by atoms with van der Waals surface area (Å²) in [6.07, 6.45) is 7.48. The molecule has 0 aliphatic heterocycles. The molecule has 0 bridgehead atoms. The molecular formula is C23H23N9O2. The first-order chi connectivity index (χ1) is 16.6. The molecule has 0 atom stereocenters. The number of hydrogen-bond donors (Lipinski definition) is 3. The van der Waals surface area contributed by atoms with E-state index in [4.69, 9.17) is 10.4 Å². The van der Waals surface area contributed by atoms with E-state index in [1.165, 1.54) is 6.20 Å². The van der Waals surface area contributed by atoms with Gasteiger partial charge in [-0.3, -0.25) is 4.98 Å². The third-order valence-corrected chi connectivity index (χ3v) is 6.25. The van der Waals surface area contributed by atoms with Crippen LogP contribution in [-0.2, 0) is 0 Å². The van der Waals surface area contributed by atoms with E-state index in [0.717, 1.165) is 53.8 Å². The minimum absolute atomic E-state index is 0.00417. The molecule has 0 unspecified atom stereocenters. The summed E-state index contributed by atoms with van der Waals surface area (Å²) in [5.41, 5.74) is 5.29. The molecule has 1 fully saturated rings. The van der Waals surface area contributed by atoms with Crippen molar-refractivity contribution < 1.29 is 9.90 Å². The Kier molecular flexibility index (Phi) is 5.55. The molecular weight excluding hydrogens is 434 g/mol. The molecule has 11 heteroatoms. The minimum Gasteiger partial charge on any atom is -0.465 e. The van der Waals surface area contributed by atoms with Gasteiger partial charge in [-0.1, -0.05) is 5.21 Å². The van der Waals surface area contributed by atoms with Gasteiger partial charge in [0.05, 0.1) is 40.9 Å². The van der Waals surface area contributed by atoms with Gasteiger partial charge in [0.1, 0.15) is 11.8 Å². The van der Waals surface area contributed by atoms with Crippen LogP contribution < -0.4 is 10.6 Å². The fraction of sp³-hybridized carbons (Fsp3) is 0.304. The van der Waals surface area contributed by atoms with Crippen molar-refractivity contribution in [1.29, 1.82) is 5.26 Å². The molecule has 4 aromatic heterocycles. The normalized spacial score (nSPS) is 17.9. The Labute approximate surface area is 195 Å². The number of carboxylic acid groups (broad SMARTS) is 1. The predicted molar refractivity (Wildman–Crippen MR) is 124 cm³/mol. The van der Waals surface area contributed by atoms with Crippen LogP contribution in [0.5, 0.6) is 0 Å². The molecule has 0 spiro atoms. The second-order valence-corrected chi connectivity index (χ2v) is 8.32. The van der Waals surface area contributed by atoms with Crippen molar-refractivity contribution in [3.63, 3.8) is 0 Å². The second-order valence-electron chi connectivity index (χ2n) is 8.32. The molecule has 1 aliphatic carbocycles. The largest absolute Gasteiger partial charge is 0.465 e. The van der Waals surface area contributed by atoms with E-state index in [1.54, 1.807) is 16.8 Å². The van der Waals surface area contributed by atoms with Crippen molar-refractivity contribution in [2.24, 2.45) is 0 Å². The first-order valence-corrected chi connectivity index (χ1v) is 11.0. The Balaban J connectivity index is 1.38. The number of anilines is 1. The highest BCUT2D eigenvalue weighted by molar-refractivity contribution is 5.78. The number of amides is 1. The Bertz CT molecular complexity index is 1390. The van der Waals surface area contributed by atoms with Gasteiger partial charge in [0.15, 0.2) is 0 Å². The van der Waals surface area contributed by atoms with Crippen molar-refractivity contribution in [3.8, 4) is 28.7 Å². The molecule has 172 valence electrons. The summed E-state index contributed by atoms with van der Waals surface area (Å²) in [7, 11) is 1.84. The number of nitrogens with one attached hydrogen (secondary N) is 2. The van der Waals surface area contributed by atoms with E-state index in [1.807, 2.05) is 36.1 Å². The maximum absolute atomic E-state index is 10.9. The Morgan fingerprint density at radius 3 is 2.74 bits per heavy atom. The monoisotopic (exact) mass is 457 g/mol. The highest BCUT2D eigenvalue weighted by Crippen LogP contribution is 2.32. The number of fused-ring (bicyclic) bond motifs is 1. The van der Waals surface area contributed by atoms with Crippen LogP contribution >= 0.6 is 0 Å². The standard InChI is InChI=1S/C23H23N9O2/c1-25-19-9-20(22-7-6-17-8-14(10-24)11-27-32(17)22)26-12-18(19)21-13-31(30-29-21)16-4-2-15(3-5-16)28-23(33)34/h6-9,11-13,15-16,28H,2-5H2,1H3,(H,25,26)(H,33,34). The summed E-state index contributed by atoms with van der Waals surface area (Å²) in [6, 6.07) is 9.85. The van der Waals surface area contributed by atoms with Crippen molar-refractivity contribution in [3.05, 3.63) is 48.4 Å². The van der Waals surface area contributed by atoms with Gasteiger partial charge in [-0.15, -0.1) is 5.10 Å². The van der Waals surface area contributed by atoms with Crippen LogP contribution in [0.3, 0.4) is 0 Å². The lowest BCUT2D eigenvalue weighted by atomic mass is 9.91. The van der Waals surface area contributed by atoms with Gasteiger partial charge in [-0.05, 0) is 49.9 Å². The fourth-order valence-electron chi connectivity index (χ4n) is 4.50. The van der Waals surface area contributed by atoms with Gasteiger partial charge < -0.3 is 15.7 Å². The van der Waals surface area contributed by atoms with Gasteiger partial charge in [0.2, 0.25) is 0 Å². The number of hydrogen-bond acceptors (Lipinski definition) is 7. The molecule has 0 radical (unpaired) electrons. The van der Waals surface area contributed by atoms with Crippen LogP contribution in [-0.4, -0.2) is 53.9 Å². The summed E-state index contributed by atoms with van der Waals surface area (Å²) in [5.74, 6) is 0. The minimum atomic E-state index is -0.974. The lowest BCUT2D eigenvalue weighted by Gasteiger charge is -2.28. The maximum Gasteiger partial charge on any atom is 0.404 e. The quantitative estimate of drug-likeness (QED) is 0.414.